The van der Waals surface area contributed by atoms with Crippen molar-refractivity contribution in [3.63, 3.8) is 0 Å². The molecular formula is C12H26N6O2. The number of hydrogen-bond donors (Lipinski definition) is 6. The van der Waals surface area contributed by atoms with Gasteiger partial charge in [-0.2, -0.15) is 0 Å². The van der Waals surface area contributed by atoms with E-state index in [0.29, 0.717) is 31.7 Å². The predicted octanol–water partition coefficient (Wildman–Crippen LogP) is -1.41. The number of hydrogen-bond acceptors (Lipinski definition) is 4. The number of carbonyl (C=O) groups is 2. The molecule has 0 aromatic rings. The zero-order chi connectivity index (χ0) is 15.7. The zero-order valence-electron chi connectivity index (χ0n) is 12.1. The van der Waals surface area contributed by atoms with Crippen LogP contribution in [0.15, 0.2) is 0 Å². The molecule has 0 heterocycles. The van der Waals surface area contributed by atoms with Crippen LogP contribution in [-0.4, -0.2) is 36.4 Å². The third-order valence-electron chi connectivity index (χ3n) is 2.71. The van der Waals surface area contributed by atoms with Crippen LogP contribution in [0.5, 0.6) is 0 Å². The molecule has 0 aliphatic rings. The Morgan fingerprint density at radius 1 is 1.25 bits per heavy atom. The first-order valence-corrected chi connectivity index (χ1v) is 6.67. The van der Waals surface area contributed by atoms with Gasteiger partial charge < -0.3 is 27.8 Å². The van der Waals surface area contributed by atoms with Crippen LogP contribution in [0, 0.1) is 11.3 Å². The molecule has 2 atom stereocenters. The predicted molar refractivity (Wildman–Crippen MR) is 77.7 cm³/mol. The number of rotatable bonds is 9. The van der Waals surface area contributed by atoms with E-state index in [2.05, 4.69) is 10.6 Å². The number of nitrogens with two attached hydrogens (primary N) is 3. The van der Waals surface area contributed by atoms with Crippen LogP contribution in [0.2, 0.25) is 0 Å². The fourth-order valence-corrected chi connectivity index (χ4v) is 1.71. The largest absolute Gasteiger partial charge is 0.370 e. The van der Waals surface area contributed by atoms with E-state index < -0.39 is 18.0 Å². The van der Waals surface area contributed by atoms with E-state index in [-0.39, 0.29) is 11.9 Å². The highest BCUT2D eigenvalue weighted by Crippen LogP contribution is 2.04. The van der Waals surface area contributed by atoms with Crippen molar-refractivity contribution in [2.75, 3.05) is 6.54 Å². The Labute approximate surface area is 119 Å². The minimum Gasteiger partial charge on any atom is -0.370 e. The zero-order valence-corrected chi connectivity index (χ0v) is 12.1. The Hall–Kier alpha value is -1.83. The van der Waals surface area contributed by atoms with E-state index in [9.17, 15) is 9.59 Å². The summed E-state index contributed by atoms with van der Waals surface area (Å²) in [4.78, 5) is 23.1. The molecule has 8 nitrogen and oxygen atoms in total. The standard InChI is InChI=1S/C12H26N6O2/c1-7(2)6-8(13)11(20)18-9(10(14)19)4-3-5-17-12(15)16/h7-9H,3-6,13H2,1-2H3,(H2,14,19)(H,18,20)(H4,15,16,17)/t8-,9-/m0/s1. The molecule has 0 rings (SSSR count). The molecule has 20 heavy (non-hydrogen) atoms. The molecule has 0 saturated heterocycles. The Kier molecular flexibility index (Phi) is 8.30. The number of nitrogens with one attached hydrogen (secondary N) is 3. The van der Waals surface area contributed by atoms with Crippen molar-refractivity contribution in [1.29, 1.82) is 5.41 Å². The average molecular weight is 286 g/mol. The maximum Gasteiger partial charge on any atom is 0.240 e. The molecular weight excluding hydrogens is 260 g/mol. The maximum atomic E-state index is 11.8. The minimum absolute atomic E-state index is 0.136. The number of primary amides is 1. The Balaban J connectivity index is 4.22. The third kappa shape index (κ3) is 8.30. The van der Waals surface area contributed by atoms with Crippen molar-refractivity contribution in [2.24, 2.45) is 23.1 Å². The summed E-state index contributed by atoms with van der Waals surface area (Å²) in [6.07, 6.45) is 1.46. The summed E-state index contributed by atoms with van der Waals surface area (Å²) in [6.45, 7) is 4.37. The smallest absolute Gasteiger partial charge is 0.240 e. The number of guanidine groups is 1. The Morgan fingerprint density at radius 3 is 2.30 bits per heavy atom. The number of amides is 2. The normalized spacial score (nSPS) is 13.6. The van der Waals surface area contributed by atoms with Crippen molar-refractivity contribution in [3.8, 4) is 0 Å². The van der Waals surface area contributed by atoms with Crippen LogP contribution in [0.3, 0.4) is 0 Å². The molecule has 0 saturated carbocycles. The quantitative estimate of drug-likeness (QED) is 0.174. The van der Waals surface area contributed by atoms with Gasteiger partial charge in [0.1, 0.15) is 6.04 Å². The summed E-state index contributed by atoms with van der Waals surface area (Å²) < 4.78 is 0. The second-order valence-electron chi connectivity index (χ2n) is 5.18. The lowest BCUT2D eigenvalue weighted by atomic mass is 10.0. The SMILES string of the molecule is CC(C)C[C@H](N)C(=O)N[C@@H](CCCNC(=N)N)C(N)=O. The summed E-state index contributed by atoms with van der Waals surface area (Å²) in [5.41, 5.74) is 16.1. The molecule has 0 aliphatic carbocycles. The first kappa shape index (κ1) is 18.2. The molecule has 0 aliphatic heterocycles. The van der Waals surface area contributed by atoms with E-state index in [1.54, 1.807) is 0 Å². The monoisotopic (exact) mass is 286 g/mol. The van der Waals surface area contributed by atoms with Gasteiger partial charge in [0.15, 0.2) is 5.96 Å². The summed E-state index contributed by atoms with van der Waals surface area (Å²) in [7, 11) is 0. The lowest BCUT2D eigenvalue weighted by Crippen LogP contribution is -2.50. The molecule has 0 aromatic heterocycles. The van der Waals surface area contributed by atoms with Gasteiger partial charge in [-0.25, -0.2) is 0 Å². The second-order valence-corrected chi connectivity index (χ2v) is 5.18. The summed E-state index contributed by atoms with van der Waals surface area (Å²) in [5, 5.41) is 12.2. The maximum absolute atomic E-state index is 11.8. The van der Waals surface area contributed by atoms with Gasteiger partial charge in [0.25, 0.3) is 0 Å². The molecule has 0 unspecified atom stereocenters. The molecule has 8 heteroatoms. The van der Waals surface area contributed by atoms with E-state index >= 15 is 0 Å². The van der Waals surface area contributed by atoms with Gasteiger partial charge in [-0.1, -0.05) is 13.8 Å². The van der Waals surface area contributed by atoms with Crippen molar-refractivity contribution < 1.29 is 9.59 Å². The van der Waals surface area contributed by atoms with E-state index in [0.717, 1.165) is 0 Å². The van der Waals surface area contributed by atoms with Crippen molar-refractivity contribution >= 4 is 17.8 Å². The molecule has 2 amide bonds. The third-order valence-corrected chi connectivity index (χ3v) is 2.71. The molecule has 0 spiro atoms. The van der Waals surface area contributed by atoms with Crippen LogP contribution < -0.4 is 27.8 Å². The van der Waals surface area contributed by atoms with Crippen LogP contribution in [0.4, 0.5) is 0 Å². The van der Waals surface area contributed by atoms with Crippen LogP contribution >= 0.6 is 0 Å². The van der Waals surface area contributed by atoms with Gasteiger partial charge in [0.2, 0.25) is 11.8 Å². The van der Waals surface area contributed by atoms with E-state index in [1.807, 2.05) is 13.8 Å². The highest BCUT2D eigenvalue weighted by atomic mass is 16.2. The topological polar surface area (TPSA) is 160 Å². The first-order chi connectivity index (χ1) is 9.23. The average Bonchev–Trinajstić information content (AvgIpc) is 2.31. The number of carbonyl (C=O) groups excluding carboxylic acids is 2. The van der Waals surface area contributed by atoms with Crippen molar-refractivity contribution in [3.05, 3.63) is 0 Å². The van der Waals surface area contributed by atoms with E-state index in [1.165, 1.54) is 0 Å². The molecule has 116 valence electrons. The second kappa shape index (κ2) is 9.13. The Morgan fingerprint density at radius 2 is 1.85 bits per heavy atom. The highest BCUT2D eigenvalue weighted by molar-refractivity contribution is 5.88. The van der Waals surface area contributed by atoms with Crippen molar-refractivity contribution in [1.82, 2.24) is 10.6 Å². The van der Waals surface area contributed by atoms with Crippen LogP contribution in [0.25, 0.3) is 0 Å². The molecule has 0 radical (unpaired) electrons. The van der Waals surface area contributed by atoms with Gasteiger partial charge in [0, 0.05) is 6.54 Å². The molecule has 9 N–H and O–H groups in total. The highest BCUT2D eigenvalue weighted by Gasteiger charge is 2.22. The molecule has 0 aromatic carbocycles. The first-order valence-electron chi connectivity index (χ1n) is 6.67. The van der Waals surface area contributed by atoms with Gasteiger partial charge >= 0.3 is 0 Å². The van der Waals surface area contributed by atoms with Gasteiger partial charge in [0.05, 0.1) is 6.04 Å². The Bertz CT molecular complexity index is 345. The minimum atomic E-state index is -0.755. The van der Waals surface area contributed by atoms with Crippen LogP contribution in [0.1, 0.15) is 33.1 Å². The summed E-state index contributed by atoms with van der Waals surface area (Å²) in [6, 6.07) is -1.40. The fraction of sp³-hybridized carbons (Fsp3) is 0.750. The lowest BCUT2D eigenvalue weighted by molar-refractivity contribution is -0.128. The van der Waals surface area contributed by atoms with Gasteiger partial charge in [-0.05, 0) is 25.2 Å². The van der Waals surface area contributed by atoms with Crippen molar-refractivity contribution in [2.45, 2.75) is 45.2 Å². The van der Waals surface area contributed by atoms with Gasteiger partial charge in [-0.3, -0.25) is 15.0 Å². The van der Waals surface area contributed by atoms with Crippen LogP contribution in [-0.2, 0) is 9.59 Å². The molecule has 0 fully saturated rings. The van der Waals surface area contributed by atoms with E-state index in [4.69, 9.17) is 22.6 Å². The molecule has 0 bridgehead atoms. The summed E-state index contributed by atoms with van der Waals surface area (Å²) in [5.74, 6) is -0.814. The fourth-order valence-electron chi connectivity index (χ4n) is 1.71. The van der Waals surface area contributed by atoms with Gasteiger partial charge in [-0.15, -0.1) is 0 Å². The lowest BCUT2D eigenvalue weighted by Gasteiger charge is -2.19. The summed E-state index contributed by atoms with van der Waals surface area (Å²) >= 11 is 0.